The van der Waals surface area contributed by atoms with Crippen LogP contribution in [0.4, 0.5) is 17.1 Å². The summed E-state index contributed by atoms with van der Waals surface area (Å²) in [6, 6.07) is 49.4. The van der Waals surface area contributed by atoms with E-state index in [1.807, 2.05) is 12.1 Å². The number of rotatable bonds is 3. The third-order valence-corrected chi connectivity index (χ3v) is 10.0. The van der Waals surface area contributed by atoms with Gasteiger partial charge in [-0.2, -0.15) is 0 Å². The molecular weight excluding hydrogens is 562 g/mol. The first kappa shape index (κ1) is 25.5. The van der Waals surface area contributed by atoms with Gasteiger partial charge in [0.05, 0.1) is 11.4 Å². The summed E-state index contributed by atoms with van der Waals surface area (Å²) in [5, 5.41) is 7.02. The Hall–Kier alpha value is -5.80. The second-order valence-electron chi connectivity index (χ2n) is 12.9. The summed E-state index contributed by atoms with van der Waals surface area (Å²) in [7, 11) is 0. The molecule has 0 aliphatic heterocycles. The highest BCUT2D eigenvalue weighted by atomic mass is 16.3. The molecule has 46 heavy (non-hydrogen) atoms. The van der Waals surface area contributed by atoms with Crippen LogP contribution in [-0.2, 0) is 5.41 Å². The topological polar surface area (TPSA) is 29.5 Å². The van der Waals surface area contributed by atoms with Crippen molar-refractivity contribution >= 4 is 71.7 Å². The van der Waals surface area contributed by atoms with Crippen LogP contribution < -0.4 is 4.90 Å². The Morgan fingerprint density at radius 1 is 0.500 bits per heavy atom. The van der Waals surface area contributed by atoms with E-state index in [0.29, 0.717) is 0 Å². The Labute approximate surface area is 265 Å². The minimum absolute atomic E-state index is 0.153. The number of para-hydroxylation sites is 3. The first-order valence-corrected chi connectivity index (χ1v) is 15.9. The Balaban J connectivity index is 1.31. The fourth-order valence-corrected chi connectivity index (χ4v) is 8.04. The highest BCUT2D eigenvalue weighted by molar-refractivity contribution is 6.26. The Bertz CT molecular complexity index is 2670. The van der Waals surface area contributed by atoms with Gasteiger partial charge in [-0.15, -0.1) is 0 Å². The van der Waals surface area contributed by atoms with Crippen LogP contribution in [0.1, 0.15) is 25.0 Å². The van der Waals surface area contributed by atoms with Crippen molar-refractivity contribution in [1.29, 1.82) is 0 Å². The molecule has 0 saturated heterocycles. The smallest absolute Gasteiger partial charge is 0.159 e. The number of nitrogens with zero attached hydrogens (tertiary/aromatic N) is 1. The van der Waals surface area contributed by atoms with E-state index in [0.717, 1.165) is 55.6 Å². The van der Waals surface area contributed by atoms with Crippen LogP contribution in [0, 0.1) is 0 Å². The van der Waals surface area contributed by atoms with Crippen molar-refractivity contribution in [3.63, 3.8) is 0 Å². The highest BCUT2D eigenvalue weighted by Crippen LogP contribution is 2.56. The third kappa shape index (κ3) is 3.32. The molecule has 3 heteroatoms. The molecular formula is C43H29NO2. The highest BCUT2D eigenvalue weighted by Gasteiger charge is 2.39. The maximum absolute atomic E-state index is 7.18. The zero-order valence-corrected chi connectivity index (χ0v) is 25.5. The van der Waals surface area contributed by atoms with Crippen LogP contribution in [0.25, 0.3) is 65.8 Å². The van der Waals surface area contributed by atoms with Crippen molar-refractivity contribution in [2.24, 2.45) is 0 Å². The Morgan fingerprint density at radius 3 is 2.07 bits per heavy atom. The Morgan fingerprint density at radius 2 is 1.20 bits per heavy atom. The molecule has 0 N–H and O–H groups in total. The van der Waals surface area contributed by atoms with Gasteiger partial charge in [0.2, 0.25) is 0 Å². The summed E-state index contributed by atoms with van der Waals surface area (Å²) in [4.78, 5) is 2.29. The molecule has 2 aromatic heterocycles. The molecule has 10 rings (SSSR count). The van der Waals surface area contributed by atoms with Gasteiger partial charge in [-0.3, -0.25) is 0 Å². The molecule has 0 radical (unpaired) electrons. The molecule has 0 unspecified atom stereocenters. The predicted octanol–water partition coefficient (Wildman–Crippen LogP) is 12.4. The van der Waals surface area contributed by atoms with Crippen molar-refractivity contribution < 1.29 is 8.83 Å². The zero-order chi connectivity index (χ0) is 30.6. The molecule has 0 spiro atoms. The molecule has 1 aliphatic carbocycles. The van der Waals surface area contributed by atoms with E-state index >= 15 is 0 Å². The summed E-state index contributed by atoms with van der Waals surface area (Å²) < 4.78 is 13.5. The van der Waals surface area contributed by atoms with E-state index in [2.05, 4.69) is 146 Å². The normalized spacial score (nSPS) is 13.6. The molecule has 9 aromatic rings. The minimum Gasteiger partial charge on any atom is -0.456 e. The first-order chi connectivity index (χ1) is 22.6. The average Bonchev–Trinajstić information content (AvgIpc) is 3.74. The Kier molecular flexibility index (Phi) is 5.06. The molecule has 0 saturated carbocycles. The van der Waals surface area contributed by atoms with Crippen LogP contribution in [0.2, 0.25) is 0 Å². The molecule has 0 fully saturated rings. The number of furan rings is 2. The van der Waals surface area contributed by atoms with Gasteiger partial charge in [0, 0.05) is 44.3 Å². The second kappa shape index (κ2) is 9.12. The fraction of sp³-hybridized carbons (Fsp3) is 0.0698. The predicted molar refractivity (Wildman–Crippen MR) is 191 cm³/mol. The van der Waals surface area contributed by atoms with E-state index in [9.17, 15) is 0 Å². The summed E-state index contributed by atoms with van der Waals surface area (Å²) in [5.74, 6) is 0. The number of hydrogen-bond acceptors (Lipinski definition) is 3. The zero-order valence-electron chi connectivity index (χ0n) is 25.5. The molecule has 0 amide bonds. The maximum Gasteiger partial charge on any atom is 0.159 e. The maximum atomic E-state index is 7.18. The van der Waals surface area contributed by atoms with Gasteiger partial charge in [0.1, 0.15) is 16.7 Å². The van der Waals surface area contributed by atoms with Gasteiger partial charge in [0.15, 0.2) is 5.58 Å². The van der Waals surface area contributed by atoms with Crippen molar-refractivity contribution in [1.82, 2.24) is 0 Å². The van der Waals surface area contributed by atoms with Crippen molar-refractivity contribution in [2.45, 2.75) is 19.3 Å². The lowest BCUT2D eigenvalue weighted by molar-refractivity contribution is 0.658. The molecule has 7 aromatic carbocycles. The van der Waals surface area contributed by atoms with Crippen LogP contribution in [0.5, 0.6) is 0 Å². The van der Waals surface area contributed by atoms with Crippen LogP contribution in [0.15, 0.2) is 148 Å². The average molecular weight is 592 g/mol. The lowest BCUT2D eigenvalue weighted by Crippen LogP contribution is -2.15. The fourth-order valence-electron chi connectivity index (χ4n) is 8.04. The molecule has 0 atom stereocenters. The molecule has 218 valence electrons. The standard InChI is InChI=1S/C43H29NO2/c1-43(2)34-20-10-8-18-32(34)39-40(43)31-17-7-6-16-30(31)38-33-19-12-21-35(41(33)46-42(38)39)44(26-13-4-3-5-14-26)27-23-24-29-28-15-9-11-22-36(28)45-37(29)25-27/h3-25H,1-2H3. The van der Waals surface area contributed by atoms with Gasteiger partial charge in [0.25, 0.3) is 0 Å². The van der Waals surface area contributed by atoms with Crippen molar-refractivity contribution in [3.8, 4) is 11.1 Å². The number of fused-ring (bicyclic) bond motifs is 13. The minimum atomic E-state index is -0.153. The van der Waals surface area contributed by atoms with E-state index in [1.54, 1.807) is 0 Å². The SMILES string of the molecule is CC1(C)c2ccccc2-c2c1c1ccccc1c1c2oc2c(N(c3ccccc3)c3ccc4c(c3)oc3ccccc34)cccc21. The van der Waals surface area contributed by atoms with E-state index in [4.69, 9.17) is 8.83 Å². The summed E-state index contributed by atoms with van der Waals surface area (Å²) in [5.41, 5.74) is 11.6. The van der Waals surface area contributed by atoms with Crippen LogP contribution >= 0.6 is 0 Å². The molecule has 2 heterocycles. The van der Waals surface area contributed by atoms with Gasteiger partial charge in [-0.05, 0) is 63.9 Å². The lowest BCUT2D eigenvalue weighted by Gasteiger charge is -2.25. The van der Waals surface area contributed by atoms with Gasteiger partial charge >= 0.3 is 0 Å². The quantitative estimate of drug-likeness (QED) is 0.205. The largest absolute Gasteiger partial charge is 0.456 e. The van der Waals surface area contributed by atoms with Gasteiger partial charge < -0.3 is 13.7 Å². The number of anilines is 3. The third-order valence-electron chi connectivity index (χ3n) is 10.0. The van der Waals surface area contributed by atoms with E-state index in [-0.39, 0.29) is 5.41 Å². The number of benzene rings is 7. The van der Waals surface area contributed by atoms with Gasteiger partial charge in [-0.25, -0.2) is 0 Å². The molecule has 0 bridgehead atoms. The van der Waals surface area contributed by atoms with Crippen molar-refractivity contribution in [2.75, 3.05) is 4.90 Å². The number of hydrogen-bond donors (Lipinski definition) is 0. The first-order valence-electron chi connectivity index (χ1n) is 15.9. The molecule has 1 aliphatic rings. The summed E-state index contributed by atoms with van der Waals surface area (Å²) in [6.07, 6.45) is 0. The van der Waals surface area contributed by atoms with Crippen molar-refractivity contribution in [3.05, 3.63) is 151 Å². The second-order valence-corrected chi connectivity index (χ2v) is 12.9. The van der Waals surface area contributed by atoms with Crippen LogP contribution in [-0.4, -0.2) is 0 Å². The lowest BCUT2D eigenvalue weighted by atomic mass is 9.79. The van der Waals surface area contributed by atoms with E-state index in [1.165, 1.54) is 38.4 Å². The van der Waals surface area contributed by atoms with Crippen LogP contribution in [0.3, 0.4) is 0 Å². The van der Waals surface area contributed by atoms with E-state index < -0.39 is 0 Å². The summed E-state index contributed by atoms with van der Waals surface area (Å²) >= 11 is 0. The summed E-state index contributed by atoms with van der Waals surface area (Å²) in [6.45, 7) is 4.69. The van der Waals surface area contributed by atoms with Gasteiger partial charge in [-0.1, -0.05) is 111 Å². The monoisotopic (exact) mass is 591 g/mol. The molecule has 3 nitrogen and oxygen atoms in total.